The van der Waals surface area contributed by atoms with E-state index in [0.29, 0.717) is 25.7 Å². The Morgan fingerprint density at radius 3 is 1.34 bits per heavy atom. The van der Waals surface area contributed by atoms with E-state index in [0.717, 1.165) is 48.5 Å². The molecule has 0 amide bonds. The quantitative estimate of drug-likeness (QED) is 0.127. The van der Waals surface area contributed by atoms with E-state index >= 15 is 0 Å². The van der Waals surface area contributed by atoms with Crippen LogP contribution in [0.2, 0.25) is 0 Å². The molecule has 0 radical (unpaired) electrons. The first-order valence-electron chi connectivity index (χ1n) is 16.5. The van der Waals surface area contributed by atoms with Crippen LogP contribution in [0.1, 0.15) is 78.6 Å². The molecule has 1 atom stereocenters. The molecular weight excluding hydrogens is 722 g/mol. The first-order chi connectivity index (χ1) is 23.2. The number of aryl methyl sites for hydroxylation is 4. The maximum atomic E-state index is 12.5. The summed E-state index contributed by atoms with van der Waals surface area (Å²) in [7, 11) is 0. The molecule has 1 unspecified atom stereocenters. The Morgan fingerprint density at radius 1 is 0.660 bits per heavy atom. The van der Waals surface area contributed by atoms with Crippen molar-refractivity contribution in [1.82, 2.24) is 0 Å². The molecule has 6 rings (SSSR count). The fraction of sp³-hybridized carbons (Fsp3) is 0.302. The number of allylic oxidation sites excluding steroid dienone is 4. The number of halogens is 6. The van der Waals surface area contributed by atoms with Gasteiger partial charge in [-0.2, -0.15) is 11.6 Å². The van der Waals surface area contributed by atoms with Gasteiger partial charge in [-0.3, -0.25) is 6.08 Å². The predicted octanol–water partition coefficient (Wildman–Crippen LogP) is 13.1. The van der Waals surface area contributed by atoms with Gasteiger partial charge < -0.3 is 0 Å². The first kappa shape index (κ1) is 39.4. The second-order valence-electron chi connectivity index (χ2n) is 13.9. The number of hydrogen-bond acceptors (Lipinski definition) is 0. The zero-order valence-electron chi connectivity index (χ0n) is 29.7. The minimum atomic E-state index is -4.41. The Bertz CT molecular complexity index is 1910. The number of alkyl halides is 6. The fourth-order valence-electron chi connectivity index (χ4n) is 5.58. The SMILES string of the molecule is CCC1[C-]=CC(C(C)(C)C)=C1.Cc1cc2[cH-]c3cc(C)c(C)cc3c2cc1C.FC(F)(F)c1ccc([C](=[Zr+2])c2ccc(C(F)(F)F)cc2)cc1. The summed E-state index contributed by atoms with van der Waals surface area (Å²) in [5.74, 6) is 0.573. The summed E-state index contributed by atoms with van der Waals surface area (Å²) in [6.07, 6.45) is 0.185. The van der Waals surface area contributed by atoms with Crippen molar-refractivity contribution in [1.29, 1.82) is 0 Å². The monoisotopic (exact) mass is 762 g/mol. The summed E-state index contributed by atoms with van der Waals surface area (Å²) < 4.78 is 75.6. The molecule has 0 fully saturated rings. The van der Waals surface area contributed by atoms with E-state index in [1.165, 1.54) is 80.1 Å². The van der Waals surface area contributed by atoms with E-state index in [9.17, 15) is 26.3 Å². The first-order valence-corrected chi connectivity index (χ1v) is 17.7. The number of benzene rings is 4. The average molecular weight is 764 g/mol. The molecule has 0 nitrogen and oxygen atoms in total. The Morgan fingerprint density at radius 2 is 1.04 bits per heavy atom. The van der Waals surface area contributed by atoms with E-state index in [1.54, 1.807) is 0 Å². The molecule has 1 aliphatic carbocycles. The van der Waals surface area contributed by atoms with Crippen LogP contribution in [0.3, 0.4) is 0 Å². The summed E-state index contributed by atoms with van der Waals surface area (Å²) in [5.41, 5.74) is 6.85. The van der Waals surface area contributed by atoms with Crippen LogP contribution >= 0.6 is 0 Å². The summed E-state index contributed by atoms with van der Waals surface area (Å²) >= 11 is 0.898. The van der Waals surface area contributed by atoms with Gasteiger partial charge in [0.25, 0.3) is 0 Å². The molecule has 7 heteroatoms. The van der Waals surface area contributed by atoms with E-state index in [4.69, 9.17) is 0 Å². The van der Waals surface area contributed by atoms with Crippen LogP contribution in [0.15, 0.2) is 96.6 Å². The summed E-state index contributed by atoms with van der Waals surface area (Å²) in [4.78, 5) is 0. The maximum absolute atomic E-state index is 12.5. The molecule has 50 heavy (non-hydrogen) atoms. The fourth-order valence-corrected chi connectivity index (χ4v) is 6.40. The molecule has 5 aromatic carbocycles. The van der Waals surface area contributed by atoms with Crippen molar-refractivity contribution < 1.29 is 50.6 Å². The molecule has 0 spiro atoms. The van der Waals surface area contributed by atoms with E-state index in [2.05, 4.69) is 104 Å². The van der Waals surface area contributed by atoms with Gasteiger partial charge >= 0.3 is 137 Å². The number of hydrogen-bond donors (Lipinski definition) is 0. The molecule has 0 N–H and O–H groups in total. The molecule has 260 valence electrons. The third kappa shape index (κ3) is 9.66. The Kier molecular flexibility index (Phi) is 12.1. The Hall–Kier alpha value is -3.44. The zero-order chi connectivity index (χ0) is 37.2. The van der Waals surface area contributed by atoms with Crippen molar-refractivity contribution >= 4 is 24.8 Å². The van der Waals surface area contributed by atoms with Crippen LogP contribution in [0.4, 0.5) is 26.3 Å². The third-order valence-corrected chi connectivity index (χ3v) is 10.5. The predicted molar refractivity (Wildman–Crippen MR) is 191 cm³/mol. The summed E-state index contributed by atoms with van der Waals surface area (Å²) in [5, 5.41) is 5.53. The van der Waals surface area contributed by atoms with Gasteiger partial charge in [0.05, 0.1) is 0 Å². The van der Waals surface area contributed by atoms with Gasteiger partial charge in [-0.25, -0.2) is 6.08 Å². The number of rotatable bonds is 3. The van der Waals surface area contributed by atoms with Crippen LogP contribution in [0, 0.1) is 45.1 Å². The summed E-state index contributed by atoms with van der Waals surface area (Å²) in [6, 6.07) is 20.7. The zero-order valence-corrected chi connectivity index (χ0v) is 32.2. The van der Waals surface area contributed by atoms with Gasteiger partial charge in [-0.1, -0.05) is 79.8 Å². The van der Waals surface area contributed by atoms with E-state index < -0.39 is 23.5 Å². The van der Waals surface area contributed by atoms with Gasteiger partial charge in [0.2, 0.25) is 0 Å². The van der Waals surface area contributed by atoms with Gasteiger partial charge in [-0.15, -0.1) is 39.7 Å². The molecule has 5 aromatic rings. The summed E-state index contributed by atoms with van der Waals surface area (Å²) in [6.45, 7) is 17.7. The van der Waals surface area contributed by atoms with Crippen LogP contribution < -0.4 is 0 Å². The second kappa shape index (κ2) is 15.4. The van der Waals surface area contributed by atoms with Crippen molar-refractivity contribution in [3.63, 3.8) is 0 Å². The number of fused-ring (bicyclic) bond motifs is 3. The van der Waals surface area contributed by atoms with Gasteiger partial charge in [0, 0.05) is 0 Å². The topological polar surface area (TPSA) is 0 Å². The van der Waals surface area contributed by atoms with Gasteiger partial charge in [0.1, 0.15) is 0 Å². The van der Waals surface area contributed by atoms with Crippen molar-refractivity contribution in [3.8, 4) is 0 Å². The Labute approximate surface area is 306 Å². The molecule has 0 saturated heterocycles. The molecule has 0 saturated carbocycles. The molecule has 0 aliphatic heterocycles. The van der Waals surface area contributed by atoms with Crippen molar-refractivity contribution in [3.05, 3.63) is 147 Å². The van der Waals surface area contributed by atoms with Crippen LogP contribution in [-0.4, -0.2) is 3.21 Å². The van der Waals surface area contributed by atoms with Crippen LogP contribution in [0.5, 0.6) is 0 Å². The normalized spacial score (nSPS) is 14.6. The molecular formula is C43H42F6Zr. The van der Waals surface area contributed by atoms with Gasteiger partial charge in [-0.05, 0) is 27.7 Å². The van der Waals surface area contributed by atoms with E-state index in [-0.39, 0.29) is 0 Å². The molecule has 0 aromatic heterocycles. The van der Waals surface area contributed by atoms with Crippen molar-refractivity contribution in [2.45, 2.75) is 74.2 Å². The molecule has 1 aliphatic rings. The minimum absolute atomic E-state index is 0.302. The van der Waals surface area contributed by atoms with Crippen LogP contribution in [-0.2, 0) is 36.6 Å². The van der Waals surface area contributed by atoms with Crippen LogP contribution in [0.25, 0.3) is 21.5 Å². The van der Waals surface area contributed by atoms with Crippen molar-refractivity contribution in [2.75, 3.05) is 0 Å². The standard InChI is InChI=1S/C17H17.C15H8F6.C11H17.Zr/c1-10-5-14-9-15-6-11(2)13(4)8-17(15)16(14)7-12(10)3;16-14(17,18)12-5-1-10(2-6-12)9-11-3-7-13(8-4-11)15(19,20)21;1-5-9-6-7-10(8-9)11(2,3)4;/h5-9H,1-4H3;1-8H;7-9H,5H2,1-4H3;/q-1;;-1;+2. The van der Waals surface area contributed by atoms with Crippen molar-refractivity contribution in [2.24, 2.45) is 11.3 Å². The molecule has 0 heterocycles. The average Bonchev–Trinajstić information content (AvgIpc) is 3.66. The van der Waals surface area contributed by atoms with E-state index in [1.807, 2.05) is 0 Å². The van der Waals surface area contributed by atoms with Gasteiger partial charge in [0.15, 0.2) is 0 Å². The second-order valence-corrected chi connectivity index (χ2v) is 15.1. The molecule has 0 bridgehead atoms. The third-order valence-electron chi connectivity index (χ3n) is 9.07. The Balaban J connectivity index is 0.000000178.